The molecular formula is C16H22BrNO. The average molecular weight is 324 g/mol. The zero-order valence-corrected chi connectivity index (χ0v) is 13.0. The molecule has 0 aromatic heterocycles. The molecule has 3 atom stereocenters. The third kappa shape index (κ3) is 2.74. The molecule has 3 unspecified atom stereocenters. The van der Waals surface area contributed by atoms with Crippen LogP contribution in [0.15, 0.2) is 22.7 Å². The predicted molar refractivity (Wildman–Crippen MR) is 81.3 cm³/mol. The maximum Gasteiger partial charge on any atom is 0.0843 e. The summed E-state index contributed by atoms with van der Waals surface area (Å²) in [6.45, 7) is 3.34. The molecule has 1 fully saturated rings. The van der Waals surface area contributed by atoms with Gasteiger partial charge in [-0.05, 0) is 61.4 Å². The molecule has 3 rings (SSSR count). The first-order valence-electron chi connectivity index (χ1n) is 7.30. The Labute approximate surface area is 123 Å². The van der Waals surface area contributed by atoms with E-state index < -0.39 is 5.60 Å². The monoisotopic (exact) mass is 323 g/mol. The van der Waals surface area contributed by atoms with E-state index in [-0.39, 0.29) is 6.04 Å². The Morgan fingerprint density at radius 3 is 3.00 bits per heavy atom. The van der Waals surface area contributed by atoms with Crippen LogP contribution in [0, 0.1) is 5.92 Å². The number of fused-ring (bicyclic) bond motifs is 1. The van der Waals surface area contributed by atoms with E-state index in [0.29, 0.717) is 0 Å². The molecule has 2 N–H and O–H groups in total. The molecule has 104 valence electrons. The van der Waals surface area contributed by atoms with Crippen molar-refractivity contribution in [2.75, 3.05) is 6.54 Å². The zero-order chi connectivity index (χ0) is 13.5. The van der Waals surface area contributed by atoms with Gasteiger partial charge in [-0.15, -0.1) is 0 Å². The molecule has 0 radical (unpaired) electrons. The van der Waals surface area contributed by atoms with Gasteiger partial charge < -0.3 is 10.4 Å². The fourth-order valence-corrected chi connectivity index (χ4v) is 3.99. The molecule has 0 bridgehead atoms. The third-order valence-corrected chi connectivity index (χ3v) is 5.30. The van der Waals surface area contributed by atoms with Crippen LogP contribution in [-0.2, 0) is 12.8 Å². The summed E-state index contributed by atoms with van der Waals surface area (Å²) in [7, 11) is 0. The quantitative estimate of drug-likeness (QED) is 0.832. The molecule has 19 heavy (non-hydrogen) atoms. The minimum absolute atomic E-state index is 0.257. The minimum atomic E-state index is -0.560. The summed E-state index contributed by atoms with van der Waals surface area (Å²) in [6.07, 6.45) is 4.98. The van der Waals surface area contributed by atoms with Gasteiger partial charge in [-0.2, -0.15) is 0 Å². The second-order valence-corrected chi connectivity index (χ2v) is 7.25. The van der Waals surface area contributed by atoms with Crippen LogP contribution in [0.25, 0.3) is 0 Å². The maximum atomic E-state index is 11.1. The molecule has 1 saturated heterocycles. The van der Waals surface area contributed by atoms with Crippen molar-refractivity contribution in [2.24, 2.45) is 5.92 Å². The lowest BCUT2D eigenvalue weighted by Gasteiger charge is -2.43. The Hall–Kier alpha value is -0.380. The average Bonchev–Trinajstić information content (AvgIpc) is 2.39. The Morgan fingerprint density at radius 1 is 1.37 bits per heavy atom. The lowest BCUT2D eigenvalue weighted by molar-refractivity contribution is -0.0248. The molecule has 0 amide bonds. The normalized spacial score (nSPS) is 34.9. The fourth-order valence-electron chi connectivity index (χ4n) is 3.58. The van der Waals surface area contributed by atoms with Gasteiger partial charge in [0.15, 0.2) is 0 Å². The summed E-state index contributed by atoms with van der Waals surface area (Å²) < 4.78 is 1.14. The van der Waals surface area contributed by atoms with Gasteiger partial charge in [0.1, 0.15) is 0 Å². The molecule has 1 aliphatic heterocycles. The van der Waals surface area contributed by atoms with Crippen molar-refractivity contribution >= 4 is 15.9 Å². The highest BCUT2D eigenvalue weighted by atomic mass is 79.9. The highest BCUT2D eigenvalue weighted by molar-refractivity contribution is 9.10. The summed E-state index contributed by atoms with van der Waals surface area (Å²) in [5.74, 6) is 0.724. The highest BCUT2D eigenvalue weighted by Crippen LogP contribution is 2.35. The van der Waals surface area contributed by atoms with E-state index in [2.05, 4.69) is 46.4 Å². The van der Waals surface area contributed by atoms with Crippen molar-refractivity contribution in [1.82, 2.24) is 5.32 Å². The first kappa shape index (κ1) is 13.6. The highest BCUT2D eigenvalue weighted by Gasteiger charge is 2.41. The van der Waals surface area contributed by atoms with Crippen LogP contribution in [0.5, 0.6) is 0 Å². The van der Waals surface area contributed by atoms with Crippen molar-refractivity contribution < 1.29 is 5.11 Å². The first-order chi connectivity index (χ1) is 9.07. The van der Waals surface area contributed by atoms with E-state index in [4.69, 9.17) is 0 Å². The van der Waals surface area contributed by atoms with Gasteiger partial charge in [0, 0.05) is 16.9 Å². The third-order valence-electron chi connectivity index (χ3n) is 4.81. The summed E-state index contributed by atoms with van der Waals surface area (Å²) >= 11 is 3.53. The van der Waals surface area contributed by atoms with E-state index in [9.17, 15) is 5.11 Å². The number of nitrogens with one attached hydrogen (secondary N) is 1. The van der Waals surface area contributed by atoms with Gasteiger partial charge in [0.25, 0.3) is 0 Å². The second-order valence-electron chi connectivity index (χ2n) is 6.33. The van der Waals surface area contributed by atoms with Crippen LogP contribution in [0.1, 0.15) is 37.3 Å². The van der Waals surface area contributed by atoms with Gasteiger partial charge in [-0.25, -0.2) is 0 Å². The maximum absolute atomic E-state index is 11.1. The molecule has 0 saturated carbocycles. The molecule has 3 heteroatoms. The summed E-state index contributed by atoms with van der Waals surface area (Å²) in [4.78, 5) is 0. The van der Waals surface area contributed by atoms with E-state index in [1.165, 1.54) is 17.5 Å². The fraction of sp³-hybridized carbons (Fsp3) is 0.625. The predicted octanol–water partition coefficient (Wildman–Crippen LogP) is 3.06. The SMILES string of the molecule is CC1CCNC(C2(O)CCc3cc(Br)ccc3C2)C1. The van der Waals surface area contributed by atoms with Crippen LogP contribution in [0.3, 0.4) is 0 Å². The number of benzene rings is 1. The van der Waals surface area contributed by atoms with Gasteiger partial charge in [0.05, 0.1) is 5.60 Å². The molecule has 0 spiro atoms. The van der Waals surface area contributed by atoms with E-state index >= 15 is 0 Å². The van der Waals surface area contributed by atoms with Crippen molar-refractivity contribution in [1.29, 1.82) is 0 Å². The van der Waals surface area contributed by atoms with Gasteiger partial charge in [-0.3, -0.25) is 0 Å². The van der Waals surface area contributed by atoms with Crippen LogP contribution < -0.4 is 5.32 Å². The van der Waals surface area contributed by atoms with Gasteiger partial charge >= 0.3 is 0 Å². The summed E-state index contributed by atoms with van der Waals surface area (Å²) in [6, 6.07) is 6.71. The Balaban J connectivity index is 1.81. The number of hydrogen-bond donors (Lipinski definition) is 2. The number of aliphatic hydroxyl groups is 1. The summed E-state index contributed by atoms with van der Waals surface area (Å²) in [5.41, 5.74) is 2.15. The Kier molecular flexibility index (Phi) is 3.71. The first-order valence-corrected chi connectivity index (χ1v) is 8.09. The van der Waals surface area contributed by atoms with Crippen molar-refractivity contribution in [3.8, 4) is 0 Å². The second kappa shape index (κ2) is 5.19. The molecule has 1 heterocycles. The zero-order valence-electron chi connectivity index (χ0n) is 11.5. The number of piperidine rings is 1. The lowest BCUT2D eigenvalue weighted by Crippen LogP contribution is -2.56. The standard InChI is InChI=1S/C16H22BrNO/c1-11-5-7-18-15(8-11)16(19)6-4-12-9-14(17)3-2-13(12)10-16/h2-3,9,11,15,18-19H,4-8,10H2,1H3. The molecule has 2 aliphatic rings. The van der Waals surface area contributed by atoms with Crippen LogP contribution in [-0.4, -0.2) is 23.3 Å². The molecular weight excluding hydrogens is 302 g/mol. The topological polar surface area (TPSA) is 32.3 Å². The molecule has 1 aromatic rings. The summed E-state index contributed by atoms with van der Waals surface area (Å²) in [5, 5.41) is 14.6. The van der Waals surface area contributed by atoms with Crippen LogP contribution in [0.4, 0.5) is 0 Å². The lowest BCUT2D eigenvalue weighted by atomic mass is 9.73. The van der Waals surface area contributed by atoms with Gasteiger partial charge in [0.2, 0.25) is 0 Å². The van der Waals surface area contributed by atoms with Crippen molar-refractivity contribution in [3.05, 3.63) is 33.8 Å². The van der Waals surface area contributed by atoms with E-state index in [1.54, 1.807) is 0 Å². The van der Waals surface area contributed by atoms with Crippen LogP contribution in [0.2, 0.25) is 0 Å². The van der Waals surface area contributed by atoms with Gasteiger partial charge in [-0.1, -0.05) is 28.9 Å². The van der Waals surface area contributed by atoms with E-state index in [0.717, 1.165) is 42.6 Å². The van der Waals surface area contributed by atoms with Crippen molar-refractivity contribution in [2.45, 2.75) is 50.7 Å². The van der Waals surface area contributed by atoms with Crippen LogP contribution >= 0.6 is 15.9 Å². The Morgan fingerprint density at radius 2 is 2.21 bits per heavy atom. The molecule has 2 nitrogen and oxygen atoms in total. The number of aryl methyl sites for hydroxylation is 1. The minimum Gasteiger partial charge on any atom is -0.388 e. The number of rotatable bonds is 1. The largest absolute Gasteiger partial charge is 0.388 e. The van der Waals surface area contributed by atoms with E-state index in [1.807, 2.05) is 0 Å². The molecule has 1 aliphatic carbocycles. The molecule has 1 aromatic carbocycles. The van der Waals surface area contributed by atoms with Crippen molar-refractivity contribution in [3.63, 3.8) is 0 Å². The Bertz CT molecular complexity index is 476. The number of halogens is 1. The number of hydrogen-bond acceptors (Lipinski definition) is 2. The smallest absolute Gasteiger partial charge is 0.0843 e.